The van der Waals surface area contributed by atoms with Crippen LogP contribution in [-0.2, 0) is 4.74 Å². The Morgan fingerprint density at radius 1 is 1.42 bits per heavy atom. The molecule has 1 aliphatic rings. The molecule has 1 heterocycles. The summed E-state index contributed by atoms with van der Waals surface area (Å²) in [7, 11) is 0. The molecular formula is C11H18O. The Labute approximate surface area is 76.5 Å². The van der Waals surface area contributed by atoms with Crippen molar-refractivity contribution in [1.82, 2.24) is 0 Å². The smallest absolute Gasteiger partial charge is 0.116 e. The van der Waals surface area contributed by atoms with Crippen LogP contribution in [0.2, 0.25) is 0 Å². The predicted molar refractivity (Wildman–Crippen MR) is 51.9 cm³/mol. The van der Waals surface area contributed by atoms with Gasteiger partial charge in [-0.15, -0.1) is 0 Å². The Kier molecular flexibility index (Phi) is 3.87. The Hall–Kier alpha value is -0.720. The molecule has 68 valence electrons. The molecule has 0 N–H and O–H groups in total. The standard InChI is InChI=1S/C11H18O/c1-2-3-4-5-8-11-9-6-7-10-12-11/h6-7,9-11H,2-5,8H2,1H3/i5D. The van der Waals surface area contributed by atoms with Gasteiger partial charge in [-0.05, 0) is 25.0 Å². The zero-order valence-corrected chi connectivity index (χ0v) is 7.70. The van der Waals surface area contributed by atoms with Gasteiger partial charge in [-0.3, -0.25) is 0 Å². The maximum Gasteiger partial charge on any atom is 0.116 e. The van der Waals surface area contributed by atoms with E-state index in [2.05, 4.69) is 6.92 Å². The van der Waals surface area contributed by atoms with E-state index in [-0.39, 0.29) is 12.5 Å². The molecular weight excluding hydrogens is 148 g/mol. The summed E-state index contributed by atoms with van der Waals surface area (Å²) in [6.07, 6.45) is 11.9. The molecule has 0 fully saturated rings. The lowest BCUT2D eigenvalue weighted by atomic mass is 10.1. The van der Waals surface area contributed by atoms with Crippen molar-refractivity contribution in [3.63, 3.8) is 0 Å². The molecule has 2 atom stereocenters. The highest BCUT2D eigenvalue weighted by molar-refractivity contribution is 5.07. The van der Waals surface area contributed by atoms with Crippen molar-refractivity contribution in [2.75, 3.05) is 0 Å². The SMILES string of the molecule is [2H]C(CCCC)CC1C=CC=CO1. The topological polar surface area (TPSA) is 9.23 Å². The van der Waals surface area contributed by atoms with Crippen LogP contribution < -0.4 is 0 Å². The van der Waals surface area contributed by atoms with Crippen LogP contribution in [0.1, 0.15) is 40.4 Å². The molecule has 12 heavy (non-hydrogen) atoms. The van der Waals surface area contributed by atoms with E-state index in [4.69, 9.17) is 6.11 Å². The summed E-state index contributed by atoms with van der Waals surface area (Å²) in [6.45, 7) is 2.16. The van der Waals surface area contributed by atoms with Crippen molar-refractivity contribution < 1.29 is 6.11 Å². The molecule has 0 aliphatic carbocycles. The fourth-order valence-electron chi connectivity index (χ4n) is 1.19. The van der Waals surface area contributed by atoms with Gasteiger partial charge < -0.3 is 4.74 Å². The van der Waals surface area contributed by atoms with Crippen molar-refractivity contribution in [3.05, 3.63) is 24.5 Å². The summed E-state index contributed by atoms with van der Waals surface area (Å²) in [5.74, 6) is 0. The molecule has 0 amide bonds. The largest absolute Gasteiger partial charge is 0.494 e. The molecule has 0 saturated carbocycles. The minimum Gasteiger partial charge on any atom is -0.494 e. The number of rotatable bonds is 5. The zero-order chi connectivity index (χ0) is 9.52. The number of hydrogen-bond acceptors (Lipinski definition) is 1. The molecule has 0 aromatic heterocycles. The number of ether oxygens (including phenoxy) is 1. The lowest BCUT2D eigenvalue weighted by Crippen LogP contribution is -2.07. The fraction of sp³-hybridized carbons (Fsp3) is 0.636. The van der Waals surface area contributed by atoms with Gasteiger partial charge in [0.25, 0.3) is 0 Å². The van der Waals surface area contributed by atoms with Crippen molar-refractivity contribution >= 4 is 0 Å². The highest BCUT2D eigenvalue weighted by atomic mass is 16.5. The van der Waals surface area contributed by atoms with Crippen LogP contribution >= 0.6 is 0 Å². The van der Waals surface area contributed by atoms with Crippen LogP contribution in [0.3, 0.4) is 0 Å². The van der Waals surface area contributed by atoms with Crippen LogP contribution in [-0.4, -0.2) is 6.10 Å². The Bertz CT molecular complexity index is 187. The van der Waals surface area contributed by atoms with E-state index in [0.717, 1.165) is 19.3 Å². The molecule has 0 spiro atoms. The van der Waals surface area contributed by atoms with Gasteiger partial charge in [-0.1, -0.05) is 32.3 Å². The van der Waals surface area contributed by atoms with Gasteiger partial charge in [-0.2, -0.15) is 0 Å². The molecule has 1 nitrogen and oxygen atoms in total. The third-order valence-electron chi connectivity index (χ3n) is 1.93. The van der Waals surface area contributed by atoms with Crippen molar-refractivity contribution in [1.29, 1.82) is 0 Å². The first-order valence-corrected chi connectivity index (χ1v) is 4.74. The first kappa shape index (κ1) is 7.90. The minimum absolute atomic E-state index is 0.0288. The summed E-state index contributed by atoms with van der Waals surface area (Å²) < 4.78 is 13.1. The quantitative estimate of drug-likeness (QED) is 0.609. The van der Waals surface area contributed by atoms with Crippen molar-refractivity contribution in [2.45, 2.75) is 45.1 Å². The molecule has 1 aliphatic heterocycles. The number of unbranched alkanes of at least 4 members (excludes halogenated alkanes) is 1. The van der Waals surface area contributed by atoms with Gasteiger partial charge in [0.15, 0.2) is 0 Å². The van der Waals surface area contributed by atoms with E-state index < -0.39 is 0 Å². The molecule has 0 radical (unpaired) electrons. The lowest BCUT2D eigenvalue weighted by Gasteiger charge is -2.14. The molecule has 0 aromatic carbocycles. The van der Waals surface area contributed by atoms with E-state index in [0.29, 0.717) is 0 Å². The van der Waals surface area contributed by atoms with Crippen LogP contribution in [0.25, 0.3) is 0 Å². The zero-order valence-electron chi connectivity index (χ0n) is 8.70. The summed E-state index contributed by atoms with van der Waals surface area (Å²) >= 11 is 0. The van der Waals surface area contributed by atoms with E-state index >= 15 is 0 Å². The molecule has 0 saturated heterocycles. The average Bonchev–Trinajstić information content (AvgIpc) is 2.16. The van der Waals surface area contributed by atoms with E-state index in [1.807, 2.05) is 18.2 Å². The number of allylic oxidation sites excluding steroid dienone is 2. The van der Waals surface area contributed by atoms with Crippen LogP contribution in [0, 0.1) is 0 Å². The average molecular weight is 167 g/mol. The summed E-state index contributed by atoms with van der Waals surface area (Å²) in [4.78, 5) is 0. The lowest BCUT2D eigenvalue weighted by molar-refractivity contribution is 0.171. The Morgan fingerprint density at radius 2 is 2.33 bits per heavy atom. The van der Waals surface area contributed by atoms with Crippen LogP contribution in [0.5, 0.6) is 0 Å². The Balaban J connectivity index is 2.16. The van der Waals surface area contributed by atoms with Gasteiger partial charge in [0, 0.05) is 1.37 Å². The van der Waals surface area contributed by atoms with Gasteiger partial charge in [0.05, 0.1) is 6.26 Å². The van der Waals surface area contributed by atoms with Gasteiger partial charge in [-0.25, -0.2) is 0 Å². The maximum atomic E-state index is 7.77. The molecule has 0 bridgehead atoms. The minimum atomic E-state index is 0.0288. The molecule has 2 unspecified atom stereocenters. The van der Waals surface area contributed by atoms with E-state index in [1.54, 1.807) is 6.26 Å². The summed E-state index contributed by atoms with van der Waals surface area (Å²) in [5, 5.41) is 0. The monoisotopic (exact) mass is 167 g/mol. The van der Waals surface area contributed by atoms with Crippen LogP contribution in [0.4, 0.5) is 0 Å². The fourth-order valence-corrected chi connectivity index (χ4v) is 1.19. The third kappa shape index (κ3) is 3.61. The third-order valence-corrected chi connectivity index (χ3v) is 1.93. The molecule has 1 rings (SSSR count). The second-order valence-corrected chi connectivity index (χ2v) is 3.05. The van der Waals surface area contributed by atoms with E-state index in [1.165, 1.54) is 6.42 Å². The van der Waals surface area contributed by atoms with Crippen molar-refractivity contribution in [3.8, 4) is 0 Å². The second-order valence-electron chi connectivity index (χ2n) is 3.05. The van der Waals surface area contributed by atoms with E-state index in [9.17, 15) is 0 Å². The predicted octanol–water partition coefficient (Wildman–Crippen LogP) is 3.43. The normalized spacial score (nSPS) is 24.8. The summed E-state index contributed by atoms with van der Waals surface area (Å²) in [5.41, 5.74) is 0. The Morgan fingerprint density at radius 3 is 3.00 bits per heavy atom. The molecule has 1 heteroatoms. The van der Waals surface area contributed by atoms with Crippen LogP contribution in [0.15, 0.2) is 24.5 Å². The summed E-state index contributed by atoms with van der Waals surface area (Å²) in [6, 6.07) is 0. The highest BCUT2D eigenvalue weighted by Gasteiger charge is 2.04. The maximum absolute atomic E-state index is 7.77. The second kappa shape index (κ2) is 5.87. The van der Waals surface area contributed by atoms with Gasteiger partial charge in [0.1, 0.15) is 6.10 Å². The number of hydrogen-bond donors (Lipinski definition) is 0. The molecule has 0 aromatic rings. The van der Waals surface area contributed by atoms with Crippen molar-refractivity contribution in [2.24, 2.45) is 0 Å². The van der Waals surface area contributed by atoms with Gasteiger partial charge >= 0.3 is 0 Å². The first-order chi connectivity index (χ1) is 6.33. The highest BCUT2D eigenvalue weighted by Crippen LogP contribution is 2.11. The van der Waals surface area contributed by atoms with Gasteiger partial charge in [0.2, 0.25) is 0 Å². The first-order valence-electron chi connectivity index (χ1n) is 5.31.